The minimum absolute atomic E-state index is 0.0800. The van der Waals surface area contributed by atoms with Crippen LogP contribution in [-0.4, -0.2) is 51.8 Å². The second-order valence-electron chi connectivity index (χ2n) is 8.91. The number of aromatic nitrogens is 2. The molecule has 2 aromatic carbocycles. The van der Waals surface area contributed by atoms with E-state index >= 15 is 0 Å². The van der Waals surface area contributed by atoms with Gasteiger partial charge in [-0.05, 0) is 18.1 Å². The van der Waals surface area contributed by atoms with Crippen LogP contribution >= 0.6 is 0 Å². The van der Waals surface area contributed by atoms with Gasteiger partial charge in [-0.15, -0.1) is 0 Å². The molecular formula is C26H28N2O7. The van der Waals surface area contributed by atoms with Crippen molar-refractivity contribution >= 4 is 0 Å². The molecular weight excluding hydrogens is 452 g/mol. The molecule has 0 spiro atoms. The highest BCUT2D eigenvalue weighted by molar-refractivity contribution is 5.17. The molecule has 184 valence electrons. The third kappa shape index (κ3) is 4.49. The quantitative estimate of drug-likeness (QED) is 0.479. The number of hydrogen-bond donors (Lipinski definition) is 2. The topological polar surface area (TPSA) is 112 Å². The summed E-state index contributed by atoms with van der Waals surface area (Å²) < 4.78 is 26.3. The van der Waals surface area contributed by atoms with Crippen LogP contribution in [0.15, 0.2) is 76.4 Å². The van der Waals surface area contributed by atoms with Crippen LogP contribution in [0.4, 0.5) is 0 Å². The van der Waals surface area contributed by atoms with Gasteiger partial charge in [0.1, 0.15) is 18.3 Å². The highest BCUT2D eigenvalue weighted by Crippen LogP contribution is 2.50. The fourth-order valence-corrected chi connectivity index (χ4v) is 4.78. The fraction of sp³-hybridized carbons (Fsp3) is 0.385. The number of nitrogens with zero attached hydrogens (tertiary/aromatic N) is 1. The number of aliphatic hydroxyl groups excluding tert-OH is 1. The number of ether oxygens (including phenoxy) is 4. The lowest BCUT2D eigenvalue weighted by Gasteiger charge is -2.37. The molecule has 3 aromatic rings. The Morgan fingerprint density at radius 1 is 1.03 bits per heavy atom. The lowest BCUT2D eigenvalue weighted by molar-refractivity contribution is -0.237. The van der Waals surface area contributed by atoms with Gasteiger partial charge in [-0.25, -0.2) is 4.79 Å². The summed E-state index contributed by atoms with van der Waals surface area (Å²) in [5.74, 6) is 0. The first-order chi connectivity index (χ1) is 17.0. The maximum absolute atomic E-state index is 12.6. The van der Waals surface area contributed by atoms with E-state index < -0.39 is 41.4 Å². The van der Waals surface area contributed by atoms with E-state index in [1.807, 2.05) is 60.7 Å². The van der Waals surface area contributed by atoms with E-state index in [2.05, 4.69) is 4.98 Å². The van der Waals surface area contributed by atoms with E-state index in [1.165, 1.54) is 10.8 Å². The van der Waals surface area contributed by atoms with Crippen LogP contribution in [0.1, 0.15) is 22.9 Å². The first-order valence-corrected chi connectivity index (χ1v) is 11.6. The fourth-order valence-electron chi connectivity index (χ4n) is 4.78. The number of aliphatic hydroxyl groups is 1. The molecule has 5 rings (SSSR count). The molecule has 0 amide bonds. The zero-order valence-corrected chi connectivity index (χ0v) is 19.3. The average molecular weight is 481 g/mol. The first-order valence-electron chi connectivity index (χ1n) is 11.6. The SMILES string of the molecule is Cc1cn([C@@H]2O[C@@]3(COCc4ccccc4)[C@@H](CO)O[C@@H]2[C@@H]3OCc2ccccc2)c(=O)[nH]c1=O. The molecule has 2 aliphatic rings. The molecule has 5 atom stereocenters. The number of aromatic amines is 1. The summed E-state index contributed by atoms with van der Waals surface area (Å²) in [7, 11) is 0. The normalized spacial score (nSPS) is 27.4. The predicted molar refractivity (Wildman–Crippen MR) is 126 cm³/mol. The molecule has 35 heavy (non-hydrogen) atoms. The largest absolute Gasteiger partial charge is 0.394 e. The van der Waals surface area contributed by atoms with Crippen molar-refractivity contribution in [3.63, 3.8) is 0 Å². The number of nitrogens with one attached hydrogen (secondary N) is 1. The molecule has 0 radical (unpaired) electrons. The number of H-pyrrole nitrogens is 1. The van der Waals surface area contributed by atoms with Crippen LogP contribution in [0.2, 0.25) is 0 Å². The van der Waals surface area contributed by atoms with Crippen molar-refractivity contribution in [2.24, 2.45) is 0 Å². The summed E-state index contributed by atoms with van der Waals surface area (Å²) >= 11 is 0. The molecule has 3 heterocycles. The van der Waals surface area contributed by atoms with Gasteiger partial charge in [0.25, 0.3) is 5.56 Å². The van der Waals surface area contributed by atoms with Crippen molar-refractivity contribution < 1.29 is 24.1 Å². The van der Waals surface area contributed by atoms with Crippen LogP contribution in [0.25, 0.3) is 0 Å². The second-order valence-corrected chi connectivity index (χ2v) is 8.91. The molecule has 1 aromatic heterocycles. The highest BCUT2D eigenvalue weighted by atomic mass is 16.7. The molecule has 2 aliphatic heterocycles. The Balaban J connectivity index is 1.45. The van der Waals surface area contributed by atoms with E-state index in [0.717, 1.165) is 11.1 Å². The first kappa shape index (κ1) is 23.7. The maximum atomic E-state index is 12.6. The van der Waals surface area contributed by atoms with Gasteiger partial charge in [0.2, 0.25) is 0 Å². The van der Waals surface area contributed by atoms with Gasteiger partial charge in [-0.2, -0.15) is 0 Å². The second kappa shape index (κ2) is 9.88. The molecule has 0 unspecified atom stereocenters. The standard InChI is InChI=1S/C26H28N2O7/c1-17-12-28(25(31)27-23(17)30)24-21-22(33-15-19-10-6-3-7-11-19)26(35-24,20(13-29)34-21)16-32-14-18-8-4-2-5-9-18/h2-12,20-22,24,29H,13-16H2,1H3,(H,27,30,31)/t20-,21-,22+,24-,26+/m1/s1. The summed E-state index contributed by atoms with van der Waals surface area (Å²) in [5.41, 5.74) is 0.102. The van der Waals surface area contributed by atoms with E-state index in [-0.39, 0.29) is 13.2 Å². The Hall–Kier alpha value is -3.08. The van der Waals surface area contributed by atoms with Crippen molar-refractivity contribution in [3.8, 4) is 0 Å². The molecule has 2 fully saturated rings. The van der Waals surface area contributed by atoms with Crippen molar-refractivity contribution in [1.29, 1.82) is 0 Å². The minimum Gasteiger partial charge on any atom is -0.394 e. The predicted octanol–water partition coefficient (Wildman–Crippen LogP) is 1.67. The maximum Gasteiger partial charge on any atom is 0.330 e. The van der Waals surface area contributed by atoms with Crippen LogP contribution in [0, 0.1) is 6.92 Å². The van der Waals surface area contributed by atoms with Crippen LogP contribution in [0.5, 0.6) is 0 Å². The number of hydrogen-bond acceptors (Lipinski definition) is 7. The van der Waals surface area contributed by atoms with Crippen LogP contribution in [0.3, 0.4) is 0 Å². The lowest BCUT2D eigenvalue weighted by Crippen LogP contribution is -2.53. The molecule has 9 heteroatoms. The molecule has 0 aliphatic carbocycles. The number of rotatable bonds is 9. The van der Waals surface area contributed by atoms with Gasteiger partial charge in [0.15, 0.2) is 11.8 Å². The van der Waals surface area contributed by atoms with Gasteiger partial charge < -0.3 is 24.1 Å². The Morgan fingerprint density at radius 2 is 1.69 bits per heavy atom. The van der Waals surface area contributed by atoms with Crippen molar-refractivity contribution in [2.75, 3.05) is 13.2 Å². The Kier molecular flexibility index (Phi) is 6.68. The third-order valence-corrected chi connectivity index (χ3v) is 6.57. The highest BCUT2D eigenvalue weighted by Gasteiger charge is 2.68. The Labute approximate surface area is 201 Å². The summed E-state index contributed by atoms with van der Waals surface area (Å²) in [4.78, 5) is 26.9. The van der Waals surface area contributed by atoms with Crippen molar-refractivity contribution in [2.45, 2.75) is 50.3 Å². The summed E-state index contributed by atoms with van der Waals surface area (Å²) in [6.45, 7) is 2.02. The van der Waals surface area contributed by atoms with Gasteiger partial charge in [0, 0.05) is 11.8 Å². The average Bonchev–Trinajstić information content (AvgIpc) is 3.34. The number of benzene rings is 2. The van der Waals surface area contributed by atoms with Gasteiger partial charge in [0.05, 0.1) is 26.4 Å². The van der Waals surface area contributed by atoms with Gasteiger partial charge in [-0.3, -0.25) is 14.3 Å². The molecule has 2 saturated heterocycles. The van der Waals surface area contributed by atoms with E-state index in [9.17, 15) is 14.7 Å². The summed E-state index contributed by atoms with van der Waals surface area (Å²) in [5, 5.41) is 10.1. The lowest BCUT2D eigenvalue weighted by atomic mass is 9.93. The number of aryl methyl sites for hydroxylation is 1. The molecule has 9 nitrogen and oxygen atoms in total. The number of fused-ring (bicyclic) bond motifs is 2. The van der Waals surface area contributed by atoms with E-state index in [0.29, 0.717) is 18.8 Å². The smallest absolute Gasteiger partial charge is 0.330 e. The van der Waals surface area contributed by atoms with E-state index in [4.69, 9.17) is 18.9 Å². The molecule has 2 bridgehead atoms. The van der Waals surface area contributed by atoms with Gasteiger partial charge in [-0.1, -0.05) is 60.7 Å². The van der Waals surface area contributed by atoms with Crippen molar-refractivity contribution in [3.05, 3.63) is 104 Å². The van der Waals surface area contributed by atoms with Crippen LogP contribution < -0.4 is 11.2 Å². The minimum atomic E-state index is -1.16. The van der Waals surface area contributed by atoms with Gasteiger partial charge >= 0.3 is 5.69 Å². The summed E-state index contributed by atoms with van der Waals surface area (Å²) in [6, 6.07) is 19.4. The zero-order chi connectivity index (χ0) is 24.4. The third-order valence-electron chi connectivity index (χ3n) is 6.57. The molecule has 2 N–H and O–H groups in total. The Bertz CT molecular complexity index is 1260. The monoisotopic (exact) mass is 480 g/mol. The van der Waals surface area contributed by atoms with Crippen molar-refractivity contribution in [1.82, 2.24) is 9.55 Å². The zero-order valence-electron chi connectivity index (χ0n) is 19.3. The van der Waals surface area contributed by atoms with Crippen LogP contribution in [-0.2, 0) is 32.2 Å². The molecule has 0 saturated carbocycles. The Morgan fingerprint density at radius 3 is 2.34 bits per heavy atom. The van der Waals surface area contributed by atoms with E-state index in [1.54, 1.807) is 6.92 Å². The summed E-state index contributed by atoms with van der Waals surface area (Å²) in [6.07, 6.45) is -1.43.